The van der Waals surface area contributed by atoms with E-state index in [9.17, 15) is 4.79 Å². The van der Waals surface area contributed by atoms with E-state index in [2.05, 4.69) is 0 Å². The van der Waals surface area contributed by atoms with Crippen LogP contribution in [0.15, 0.2) is 24.3 Å². The predicted molar refractivity (Wildman–Crippen MR) is 82.6 cm³/mol. The van der Waals surface area contributed by atoms with Crippen molar-refractivity contribution < 1.29 is 4.79 Å². The molecule has 1 aromatic rings. The fourth-order valence-corrected chi connectivity index (χ4v) is 3.12. The highest BCUT2D eigenvalue weighted by Gasteiger charge is 2.29. The van der Waals surface area contributed by atoms with E-state index in [-0.39, 0.29) is 23.9 Å². The lowest BCUT2D eigenvalue weighted by molar-refractivity contribution is -0.137. The molecule has 1 fully saturated rings. The molecular formula is C16H23ClN2O. The van der Waals surface area contributed by atoms with E-state index in [0.717, 1.165) is 31.2 Å². The Morgan fingerprint density at radius 2 is 2.20 bits per heavy atom. The number of hydrogen-bond acceptors (Lipinski definition) is 2. The van der Waals surface area contributed by atoms with Gasteiger partial charge >= 0.3 is 0 Å². The van der Waals surface area contributed by atoms with Crippen LogP contribution in [0.4, 0.5) is 0 Å². The van der Waals surface area contributed by atoms with Crippen molar-refractivity contribution in [2.45, 2.75) is 44.7 Å². The van der Waals surface area contributed by atoms with Crippen LogP contribution in [0.25, 0.3) is 0 Å². The minimum absolute atomic E-state index is 0.0272. The number of hydrogen-bond donors (Lipinski definition) is 1. The van der Waals surface area contributed by atoms with Crippen molar-refractivity contribution in [2.75, 3.05) is 7.05 Å². The molecule has 110 valence electrons. The number of benzene rings is 1. The van der Waals surface area contributed by atoms with Crippen LogP contribution in [0.1, 0.15) is 44.2 Å². The molecule has 0 spiro atoms. The van der Waals surface area contributed by atoms with E-state index >= 15 is 0 Å². The van der Waals surface area contributed by atoms with Gasteiger partial charge in [0.1, 0.15) is 0 Å². The standard InChI is InChI=1S/C16H23ClN2O/c1-11(12-5-3-7-14(17)9-12)19(2)16(20)13-6-4-8-15(18)10-13/h3,5,7,9,11,13,15H,4,6,8,10,18H2,1-2H3. The normalized spacial score (nSPS) is 24.2. The SMILES string of the molecule is CC(c1cccc(Cl)c1)N(C)C(=O)C1CCCC(N)C1. The second kappa shape index (κ2) is 6.59. The molecule has 2 N–H and O–H groups in total. The molecule has 3 unspecified atom stereocenters. The van der Waals surface area contributed by atoms with E-state index in [0.29, 0.717) is 5.02 Å². The Kier molecular flexibility index (Phi) is 5.06. The van der Waals surface area contributed by atoms with Gasteiger partial charge in [-0.25, -0.2) is 0 Å². The highest BCUT2D eigenvalue weighted by atomic mass is 35.5. The van der Waals surface area contributed by atoms with Gasteiger partial charge in [-0.05, 0) is 43.9 Å². The Morgan fingerprint density at radius 3 is 2.85 bits per heavy atom. The molecule has 3 nitrogen and oxygen atoms in total. The average molecular weight is 295 g/mol. The monoisotopic (exact) mass is 294 g/mol. The number of carbonyl (C=O) groups is 1. The maximum atomic E-state index is 12.6. The molecule has 3 atom stereocenters. The van der Waals surface area contributed by atoms with Gasteiger partial charge in [0.15, 0.2) is 0 Å². The summed E-state index contributed by atoms with van der Waals surface area (Å²) in [6.45, 7) is 2.03. The van der Waals surface area contributed by atoms with Crippen molar-refractivity contribution in [1.29, 1.82) is 0 Å². The first-order valence-electron chi connectivity index (χ1n) is 7.26. The third-order valence-electron chi connectivity index (χ3n) is 4.32. The van der Waals surface area contributed by atoms with Crippen molar-refractivity contribution in [2.24, 2.45) is 11.7 Å². The van der Waals surface area contributed by atoms with Gasteiger partial charge in [0.05, 0.1) is 6.04 Å². The largest absolute Gasteiger partial charge is 0.339 e. The maximum absolute atomic E-state index is 12.6. The number of nitrogens with zero attached hydrogens (tertiary/aromatic N) is 1. The van der Waals surface area contributed by atoms with Crippen molar-refractivity contribution in [3.05, 3.63) is 34.9 Å². The number of nitrogens with two attached hydrogens (primary N) is 1. The molecule has 1 aromatic carbocycles. The summed E-state index contributed by atoms with van der Waals surface area (Å²) in [6.07, 6.45) is 3.86. The molecule has 1 amide bonds. The second-order valence-corrected chi connectivity index (χ2v) is 6.24. The first-order chi connectivity index (χ1) is 9.49. The van der Waals surface area contributed by atoms with Crippen LogP contribution in [0.5, 0.6) is 0 Å². The zero-order valence-corrected chi connectivity index (χ0v) is 12.9. The van der Waals surface area contributed by atoms with Crippen molar-refractivity contribution in [3.63, 3.8) is 0 Å². The third kappa shape index (κ3) is 3.53. The molecule has 1 aliphatic rings. The summed E-state index contributed by atoms with van der Waals surface area (Å²) in [5.74, 6) is 0.276. The number of halogens is 1. The molecular weight excluding hydrogens is 272 g/mol. The lowest BCUT2D eigenvalue weighted by atomic mass is 9.85. The number of rotatable bonds is 3. The van der Waals surface area contributed by atoms with Gasteiger partial charge < -0.3 is 10.6 Å². The van der Waals surface area contributed by atoms with Crippen LogP contribution < -0.4 is 5.73 Å². The van der Waals surface area contributed by atoms with Crippen molar-refractivity contribution in [3.8, 4) is 0 Å². The van der Waals surface area contributed by atoms with E-state index in [1.54, 1.807) is 0 Å². The smallest absolute Gasteiger partial charge is 0.225 e. The summed E-state index contributed by atoms with van der Waals surface area (Å²) in [5, 5.41) is 0.704. The maximum Gasteiger partial charge on any atom is 0.225 e. The van der Waals surface area contributed by atoms with E-state index in [4.69, 9.17) is 17.3 Å². The summed E-state index contributed by atoms with van der Waals surface area (Å²) < 4.78 is 0. The zero-order chi connectivity index (χ0) is 14.7. The Hall–Kier alpha value is -1.06. The Balaban J connectivity index is 2.06. The van der Waals surface area contributed by atoms with E-state index in [1.165, 1.54) is 0 Å². The van der Waals surface area contributed by atoms with Crippen LogP contribution in [0, 0.1) is 5.92 Å². The Labute approximate surface area is 126 Å². The minimum Gasteiger partial charge on any atom is -0.339 e. The highest BCUT2D eigenvalue weighted by Crippen LogP contribution is 2.28. The van der Waals surface area contributed by atoms with Gasteiger partial charge in [-0.2, -0.15) is 0 Å². The molecule has 2 rings (SSSR count). The number of carbonyl (C=O) groups excluding carboxylic acids is 1. The van der Waals surface area contributed by atoms with Crippen LogP contribution in [-0.2, 0) is 4.79 Å². The molecule has 0 bridgehead atoms. The molecule has 1 aliphatic carbocycles. The molecule has 0 heterocycles. The summed E-state index contributed by atoms with van der Waals surface area (Å²) in [5.41, 5.74) is 7.05. The summed E-state index contributed by atoms with van der Waals surface area (Å²) in [7, 11) is 1.87. The fourth-order valence-electron chi connectivity index (χ4n) is 2.92. The molecule has 0 aliphatic heterocycles. The van der Waals surface area contributed by atoms with Gasteiger partial charge in [-0.1, -0.05) is 30.2 Å². The summed E-state index contributed by atoms with van der Waals surface area (Å²) in [4.78, 5) is 14.4. The average Bonchev–Trinajstić information content (AvgIpc) is 2.45. The zero-order valence-electron chi connectivity index (χ0n) is 12.2. The van der Waals surface area contributed by atoms with Crippen LogP contribution in [-0.4, -0.2) is 23.9 Å². The summed E-state index contributed by atoms with van der Waals surface area (Å²) in [6, 6.07) is 7.89. The summed E-state index contributed by atoms with van der Waals surface area (Å²) >= 11 is 6.02. The molecule has 1 saturated carbocycles. The third-order valence-corrected chi connectivity index (χ3v) is 4.56. The number of amides is 1. The van der Waals surface area contributed by atoms with E-state index in [1.807, 2.05) is 43.1 Å². The molecule has 20 heavy (non-hydrogen) atoms. The van der Waals surface area contributed by atoms with Crippen molar-refractivity contribution >= 4 is 17.5 Å². The molecule has 0 aromatic heterocycles. The highest BCUT2D eigenvalue weighted by molar-refractivity contribution is 6.30. The quantitative estimate of drug-likeness (QED) is 0.929. The predicted octanol–water partition coefficient (Wildman–Crippen LogP) is 3.38. The van der Waals surface area contributed by atoms with Crippen LogP contribution in [0.3, 0.4) is 0 Å². The Morgan fingerprint density at radius 1 is 1.45 bits per heavy atom. The topological polar surface area (TPSA) is 46.3 Å². The molecule has 0 radical (unpaired) electrons. The van der Waals surface area contributed by atoms with E-state index < -0.39 is 0 Å². The first-order valence-corrected chi connectivity index (χ1v) is 7.64. The van der Waals surface area contributed by atoms with Crippen LogP contribution in [0.2, 0.25) is 5.02 Å². The second-order valence-electron chi connectivity index (χ2n) is 5.80. The molecule has 4 heteroatoms. The fraction of sp³-hybridized carbons (Fsp3) is 0.562. The van der Waals surface area contributed by atoms with Gasteiger partial charge in [0.2, 0.25) is 5.91 Å². The van der Waals surface area contributed by atoms with Crippen molar-refractivity contribution in [1.82, 2.24) is 4.90 Å². The minimum atomic E-state index is 0.0272. The van der Waals surface area contributed by atoms with Gasteiger partial charge in [-0.3, -0.25) is 4.79 Å². The lowest BCUT2D eigenvalue weighted by Crippen LogP contribution is -2.39. The van der Waals surface area contributed by atoms with Crippen LogP contribution >= 0.6 is 11.6 Å². The lowest BCUT2D eigenvalue weighted by Gasteiger charge is -2.32. The van der Waals surface area contributed by atoms with Gasteiger partial charge in [-0.15, -0.1) is 0 Å². The van der Waals surface area contributed by atoms with Gasteiger partial charge in [0.25, 0.3) is 0 Å². The molecule has 0 saturated heterocycles. The first kappa shape index (κ1) is 15.3. The Bertz CT molecular complexity index is 477. The van der Waals surface area contributed by atoms with Gasteiger partial charge in [0, 0.05) is 24.0 Å².